The molecule has 4 rings (SSSR count). The van der Waals surface area contributed by atoms with E-state index in [2.05, 4.69) is 37.6 Å². The number of nitrogens with one attached hydrogen (secondary N) is 2. The maximum Gasteiger partial charge on any atom is 0.227 e. The molecule has 10 heteroatoms. The number of amides is 1. The van der Waals surface area contributed by atoms with Crippen LogP contribution in [0.5, 0.6) is 0 Å². The zero-order valence-corrected chi connectivity index (χ0v) is 19.7. The maximum atomic E-state index is 12.6. The molecule has 1 saturated heterocycles. The SMILES string of the molecule is CNC(=O)CCCNc1nc(N2CCC(c3ccc(Cl)cc3)CC2)nc2c1S(=O)(=O)CC2. The van der Waals surface area contributed by atoms with Gasteiger partial charge in [-0.15, -0.1) is 0 Å². The van der Waals surface area contributed by atoms with Crippen molar-refractivity contribution in [2.24, 2.45) is 0 Å². The van der Waals surface area contributed by atoms with Crippen LogP contribution in [0.1, 0.15) is 42.9 Å². The Morgan fingerprint density at radius 3 is 2.59 bits per heavy atom. The lowest BCUT2D eigenvalue weighted by molar-refractivity contribution is -0.120. The van der Waals surface area contributed by atoms with E-state index in [1.54, 1.807) is 7.05 Å². The Morgan fingerprint density at radius 2 is 1.91 bits per heavy atom. The molecule has 2 aromatic rings. The van der Waals surface area contributed by atoms with E-state index in [0.29, 0.717) is 49.2 Å². The fourth-order valence-electron chi connectivity index (χ4n) is 4.30. The second kappa shape index (κ2) is 9.62. The average Bonchev–Trinajstić information content (AvgIpc) is 3.11. The summed E-state index contributed by atoms with van der Waals surface area (Å²) in [6, 6.07) is 8.02. The van der Waals surface area contributed by atoms with Crippen LogP contribution in [-0.2, 0) is 21.1 Å². The highest BCUT2D eigenvalue weighted by Crippen LogP contribution is 2.34. The standard InChI is InChI=1S/C22H28ClN5O3S/c1-24-19(29)3-2-11-25-21-20-18(10-14-32(20,30)31)26-22(27-21)28-12-8-16(9-13-28)15-4-6-17(23)7-5-15/h4-7,16H,2-3,8-14H2,1H3,(H,24,29)(H,25,26,27). The molecule has 3 heterocycles. The summed E-state index contributed by atoms with van der Waals surface area (Å²) in [6.45, 7) is 2.06. The van der Waals surface area contributed by atoms with Crippen molar-refractivity contribution in [3.05, 3.63) is 40.5 Å². The number of aromatic nitrogens is 2. The van der Waals surface area contributed by atoms with Crippen molar-refractivity contribution in [3.63, 3.8) is 0 Å². The molecule has 32 heavy (non-hydrogen) atoms. The number of hydrogen-bond acceptors (Lipinski definition) is 7. The Morgan fingerprint density at radius 1 is 1.19 bits per heavy atom. The maximum absolute atomic E-state index is 12.6. The van der Waals surface area contributed by atoms with Gasteiger partial charge in [0.15, 0.2) is 15.7 Å². The molecule has 172 valence electrons. The fourth-order valence-corrected chi connectivity index (χ4v) is 6.01. The summed E-state index contributed by atoms with van der Waals surface area (Å²) in [5, 5.41) is 6.48. The molecular formula is C22H28ClN5O3S. The van der Waals surface area contributed by atoms with E-state index < -0.39 is 9.84 Å². The molecule has 2 aliphatic rings. The number of nitrogens with zero attached hydrogens (tertiary/aromatic N) is 3. The van der Waals surface area contributed by atoms with Gasteiger partial charge in [0.2, 0.25) is 11.9 Å². The summed E-state index contributed by atoms with van der Waals surface area (Å²) in [5.41, 5.74) is 1.87. The van der Waals surface area contributed by atoms with Gasteiger partial charge in [-0.05, 0) is 42.9 Å². The van der Waals surface area contributed by atoms with E-state index in [0.717, 1.165) is 31.0 Å². The normalized spacial score (nSPS) is 17.8. The van der Waals surface area contributed by atoms with Crippen molar-refractivity contribution in [2.75, 3.05) is 42.7 Å². The van der Waals surface area contributed by atoms with Crippen LogP contribution in [0, 0.1) is 0 Å². The smallest absolute Gasteiger partial charge is 0.227 e. The van der Waals surface area contributed by atoms with E-state index in [1.165, 1.54) is 5.56 Å². The number of benzene rings is 1. The van der Waals surface area contributed by atoms with Gasteiger partial charge in [0.25, 0.3) is 0 Å². The summed E-state index contributed by atoms with van der Waals surface area (Å²) in [6.07, 6.45) is 3.29. The van der Waals surface area contributed by atoms with Crippen LogP contribution in [0.15, 0.2) is 29.2 Å². The number of sulfone groups is 1. The predicted molar refractivity (Wildman–Crippen MR) is 125 cm³/mol. The molecule has 1 amide bonds. The largest absolute Gasteiger partial charge is 0.369 e. The molecule has 0 bridgehead atoms. The number of halogens is 1. The van der Waals surface area contributed by atoms with Crippen molar-refractivity contribution >= 4 is 39.1 Å². The summed E-state index contributed by atoms with van der Waals surface area (Å²) in [7, 11) is -1.79. The lowest BCUT2D eigenvalue weighted by Crippen LogP contribution is -2.34. The van der Waals surface area contributed by atoms with Crippen molar-refractivity contribution in [2.45, 2.75) is 42.9 Å². The van der Waals surface area contributed by atoms with Gasteiger partial charge in [-0.2, -0.15) is 4.98 Å². The molecule has 0 aliphatic carbocycles. The quantitative estimate of drug-likeness (QED) is 0.591. The van der Waals surface area contributed by atoms with Crippen LogP contribution in [0.25, 0.3) is 0 Å². The van der Waals surface area contributed by atoms with Crippen LogP contribution < -0.4 is 15.5 Å². The number of aryl methyl sites for hydroxylation is 1. The van der Waals surface area contributed by atoms with Gasteiger partial charge in [0.1, 0.15) is 4.90 Å². The first kappa shape index (κ1) is 22.8. The van der Waals surface area contributed by atoms with Gasteiger partial charge in [-0.1, -0.05) is 23.7 Å². The highest BCUT2D eigenvalue weighted by atomic mass is 35.5. The summed E-state index contributed by atoms with van der Waals surface area (Å²) >= 11 is 6.01. The number of carbonyl (C=O) groups excluding carboxylic acids is 1. The number of fused-ring (bicyclic) bond motifs is 1. The van der Waals surface area contributed by atoms with Crippen molar-refractivity contribution < 1.29 is 13.2 Å². The van der Waals surface area contributed by atoms with Crippen LogP contribution in [0.3, 0.4) is 0 Å². The molecule has 0 spiro atoms. The number of piperidine rings is 1. The van der Waals surface area contributed by atoms with Crippen LogP contribution >= 0.6 is 11.6 Å². The summed E-state index contributed by atoms with van der Waals surface area (Å²) in [5.74, 6) is 1.41. The third kappa shape index (κ3) is 4.99. The molecule has 0 atom stereocenters. The molecule has 2 N–H and O–H groups in total. The molecule has 2 aliphatic heterocycles. The first-order valence-corrected chi connectivity index (χ1v) is 13.0. The van der Waals surface area contributed by atoms with Crippen LogP contribution in [0.2, 0.25) is 5.02 Å². The Kier molecular flexibility index (Phi) is 6.85. The number of carbonyl (C=O) groups is 1. The topological polar surface area (TPSA) is 104 Å². The molecular weight excluding hydrogens is 450 g/mol. The Balaban J connectivity index is 1.48. The third-order valence-electron chi connectivity index (χ3n) is 6.11. The number of rotatable bonds is 7. The molecule has 0 radical (unpaired) electrons. The van der Waals surface area contributed by atoms with E-state index in [9.17, 15) is 13.2 Å². The molecule has 0 saturated carbocycles. The van der Waals surface area contributed by atoms with Gasteiger partial charge in [-0.3, -0.25) is 4.79 Å². The molecule has 1 fully saturated rings. The highest BCUT2D eigenvalue weighted by molar-refractivity contribution is 7.91. The zero-order chi connectivity index (χ0) is 22.7. The second-order valence-electron chi connectivity index (χ2n) is 8.23. The minimum Gasteiger partial charge on any atom is -0.369 e. The summed E-state index contributed by atoms with van der Waals surface area (Å²) < 4.78 is 25.1. The number of anilines is 2. The second-order valence-corrected chi connectivity index (χ2v) is 10.7. The lowest BCUT2D eigenvalue weighted by Gasteiger charge is -2.32. The van der Waals surface area contributed by atoms with Crippen molar-refractivity contribution in [1.29, 1.82) is 0 Å². The van der Waals surface area contributed by atoms with Crippen molar-refractivity contribution in [1.82, 2.24) is 15.3 Å². The van der Waals surface area contributed by atoms with Gasteiger partial charge < -0.3 is 15.5 Å². The summed E-state index contributed by atoms with van der Waals surface area (Å²) in [4.78, 5) is 23.0. The monoisotopic (exact) mass is 477 g/mol. The Labute approximate surface area is 193 Å². The van der Waals surface area contributed by atoms with Gasteiger partial charge >= 0.3 is 0 Å². The van der Waals surface area contributed by atoms with E-state index >= 15 is 0 Å². The molecule has 1 aromatic carbocycles. The number of hydrogen-bond donors (Lipinski definition) is 2. The van der Waals surface area contributed by atoms with Gasteiger partial charge in [0, 0.05) is 44.5 Å². The van der Waals surface area contributed by atoms with Gasteiger partial charge in [-0.25, -0.2) is 13.4 Å². The predicted octanol–water partition coefficient (Wildman–Crippen LogP) is 2.78. The average molecular weight is 478 g/mol. The highest BCUT2D eigenvalue weighted by Gasteiger charge is 2.34. The van der Waals surface area contributed by atoms with E-state index in [1.807, 2.05) is 12.1 Å². The third-order valence-corrected chi connectivity index (χ3v) is 8.16. The van der Waals surface area contributed by atoms with Crippen LogP contribution in [0.4, 0.5) is 11.8 Å². The molecule has 1 aromatic heterocycles. The fraction of sp³-hybridized carbons (Fsp3) is 0.500. The van der Waals surface area contributed by atoms with E-state index in [4.69, 9.17) is 11.6 Å². The molecule has 0 unspecified atom stereocenters. The minimum absolute atomic E-state index is 0.0448. The lowest BCUT2D eigenvalue weighted by atomic mass is 9.89. The Bertz CT molecular complexity index is 1080. The van der Waals surface area contributed by atoms with Crippen LogP contribution in [-0.4, -0.2) is 56.7 Å². The molecule has 8 nitrogen and oxygen atoms in total. The Hall–Kier alpha value is -2.39. The first-order valence-electron chi connectivity index (χ1n) is 11.0. The van der Waals surface area contributed by atoms with Gasteiger partial charge in [0.05, 0.1) is 11.4 Å². The zero-order valence-electron chi connectivity index (χ0n) is 18.1. The van der Waals surface area contributed by atoms with E-state index in [-0.39, 0.29) is 16.6 Å². The minimum atomic E-state index is -3.39. The first-order chi connectivity index (χ1) is 15.4. The van der Waals surface area contributed by atoms with Crippen molar-refractivity contribution in [3.8, 4) is 0 Å².